The van der Waals surface area contributed by atoms with Gasteiger partial charge in [-0.3, -0.25) is 24.4 Å². The molecule has 0 aliphatic carbocycles. The fraction of sp³-hybridized carbons (Fsp3) is 0.227. The number of hydrogen-bond donors (Lipinski definition) is 3. The van der Waals surface area contributed by atoms with Gasteiger partial charge in [0.1, 0.15) is 0 Å². The standard InChI is InChI=1S/C22H20F3N5O3/c1-2-27-17(9-10-26)19-28-18-11-14(20(31)29-33)5-8-16(18)21(32)30(19)12-13-3-6-15(7-4-13)22(23,24)25/h3-8,10-11,26,33H,2,9,12H2,1H3,(H,29,31). The lowest BCUT2D eigenvalue weighted by molar-refractivity contribution is -0.137. The second kappa shape index (κ2) is 9.74. The maximum Gasteiger partial charge on any atom is 0.416 e. The second-order valence-corrected chi connectivity index (χ2v) is 7.02. The van der Waals surface area contributed by atoms with Crippen LogP contribution in [0.1, 0.15) is 40.7 Å². The number of nitrogens with zero attached hydrogens (tertiary/aromatic N) is 3. The number of hydroxylamine groups is 1. The smallest absolute Gasteiger partial charge is 0.313 e. The lowest BCUT2D eigenvalue weighted by atomic mass is 10.1. The maximum atomic E-state index is 13.3. The molecule has 0 aliphatic rings. The quantitative estimate of drug-likeness (QED) is 0.285. The molecule has 0 spiro atoms. The molecule has 0 saturated carbocycles. The highest BCUT2D eigenvalue weighted by Crippen LogP contribution is 2.29. The molecule has 3 aromatic rings. The van der Waals surface area contributed by atoms with E-state index in [1.165, 1.54) is 40.4 Å². The molecule has 172 valence electrons. The summed E-state index contributed by atoms with van der Waals surface area (Å²) >= 11 is 0. The predicted molar refractivity (Wildman–Crippen MR) is 116 cm³/mol. The third-order valence-corrected chi connectivity index (χ3v) is 4.84. The first-order valence-corrected chi connectivity index (χ1v) is 9.87. The van der Waals surface area contributed by atoms with Gasteiger partial charge in [-0.15, -0.1) is 0 Å². The molecule has 11 heteroatoms. The zero-order valence-electron chi connectivity index (χ0n) is 17.5. The van der Waals surface area contributed by atoms with Crippen LogP contribution in [0.25, 0.3) is 10.9 Å². The van der Waals surface area contributed by atoms with Gasteiger partial charge >= 0.3 is 6.18 Å². The zero-order valence-corrected chi connectivity index (χ0v) is 17.5. The number of fused-ring (bicyclic) bond motifs is 1. The third-order valence-electron chi connectivity index (χ3n) is 4.84. The molecule has 33 heavy (non-hydrogen) atoms. The lowest BCUT2D eigenvalue weighted by Crippen LogP contribution is -2.29. The van der Waals surface area contributed by atoms with Gasteiger partial charge in [0.2, 0.25) is 0 Å². The van der Waals surface area contributed by atoms with Crippen molar-refractivity contribution in [3.63, 3.8) is 0 Å². The predicted octanol–water partition coefficient (Wildman–Crippen LogP) is 3.43. The number of carbonyl (C=O) groups is 1. The number of rotatable bonds is 7. The molecule has 1 amide bonds. The fourth-order valence-corrected chi connectivity index (χ4v) is 3.29. The van der Waals surface area contributed by atoms with Gasteiger partial charge < -0.3 is 5.41 Å². The van der Waals surface area contributed by atoms with Crippen molar-refractivity contribution in [1.82, 2.24) is 15.0 Å². The van der Waals surface area contributed by atoms with Crippen molar-refractivity contribution in [2.45, 2.75) is 26.1 Å². The highest BCUT2D eigenvalue weighted by atomic mass is 19.4. The number of benzene rings is 2. The molecule has 0 atom stereocenters. The molecule has 2 aromatic carbocycles. The molecule has 3 rings (SSSR count). The van der Waals surface area contributed by atoms with Crippen LogP contribution in [0.2, 0.25) is 0 Å². The molecular formula is C22H20F3N5O3. The van der Waals surface area contributed by atoms with Crippen molar-refractivity contribution in [2.24, 2.45) is 4.99 Å². The van der Waals surface area contributed by atoms with Gasteiger partial charge in [0.15, 0.2) is 5.82 Å². The van der Waals surface area contributed by atoms with Crippen LogP contribution in [0, 0.1) is 5.41 Å². The molecular weight excluding hydrogens is 439 g/mol. The van der Waals surface area contributed by atoms with Gasteiger partial charge in [-0.1, -0.05) is 12.1 Å². The number of alkyl halides is 3. The fourth-order valence-electron chi connectivity index (χ4n) is 3.29. The number of amides is 1. The van der Waals surface area contributed by atoms with E-state index in [9.17, 15) is 22.8 Å². The minimum absolute atomic E-state index is 0.0735. The maximum absolute atomic E-state index is 13.3. The van der Waals surface area contributed by atoms with Crippen LogP contribution in [0.15, 0.2) is 52.3 Å². The van der Waals surface area contributed by atoms with Crippen LogP contribution in [-0.2, 0) is 12.7 Å². The minimum atomic E-state index is -4.48. The summed E-state index contributed by atoms with van der Waals surface area (Å²) in [6.45, 7) is 2.05. The van der Waals surface area contributed by atoms with Crippen molar-refractivity contribution in [3.05, 3.63) is 75.3 Å². The summed E-state index contributed by atoms with van der Waals surface area (Å²) in [6, 6.07) is 8.51. The highest BCUT2D eigenvalue weighted by molar-refractivity contribution is 6.05. The largest absolute Gasteiger partial charge is 0.416 e. The van der Waals surface area contributed by atoms with E-state index in [4.69, 9.17) is 10.6 Å². The summed E-state index contributed by atoms with van der Waals surface area (Å²) in [5.74, 6) is -0.643. The SMILES string of the molecule is CCN=C(CC=N)c1nc2cc(C(=O)NO)ccc2c(=O)n1Cc1ccc(C(F)(F)F)cc1. The highest BCUT2D eigenvalue weighted by Gasteiger charge is 2.30. The van der Waals surface area contributed by atoms with Crippen LogP contribution in [-0.4, -0.2) is 39.1 Å². The molecule has 0 fully saturated rings. The molecule has 0 unspecified atom stereocenters. The topological polar surface area (TPSA) is 120 Å². The Morgan fingerprint density at radius 3 is 2.52 bits per heavy atom. The Labute approximate surface area is 185 Å². The Balaban J connectivity index is 2.20. The van der Waals surface area contributed by atoms with Gasteiger partial charge in [0, 0.05) is 24.7 Å². The molecule has 0 bridgehead atoms. The number of halogens is 3. The number of carbonyl (C=O) groups excluding carboxylic acids is 1. The molecule has 8 nitrogen and oxygen atoms in total. The number of aliphatic imine (C=N–C) groups is 1. The Hall–Kier alpha value is -3.86. The molecule has 3 N–H and O–H groups in total. The van der Waals surface area contributed by atoms with E-state index < -0.39 is 23.2 Å². The Morgan fingerprint density at radius 1 is 1.24 bits per heavy atom. The van der Waals surface area contributed by atoms with Crippen LogP contribution < -0.4 is 11.0 Å². The monoisotopic (exact) mass is 459 g/mol. The minimum Gasteiger partial charge on any atom is -0.313 e. The summed E-state index contributed by atoms with van der Waals surface area (Å²) in [6.07, 6.45) is -3.30. The van der Waals surface area contributed by atoms with Gasteiger partial charge in [0.25, 0.3) is 11.5 Å². The molecule has 1 aromatic heterocycles. The van der Waals surface area contributed by atoms with E-state index in [-0.39, 0.29) is 35.3 Å². The van der Waals surface area contributed by atoms with Crippen LogP contribution in [0.5, 0.6) is 0 Å². The van der Waals surface area contributed by atoms with Crippen LogP contribution in [0.4, 0.5) is 13.2 Å². The van der Waals surface area contributed by atoms with E-state index in [0.29, 0.717) is 17.8 Å². The van der Waals surface area contributed by atoms with Crippen molar-refractivity contribution in [3.8, 4) is 0 Å². The van der Waals surface area contributed by atoms with Gasteiger partial charge in [-0.25, -0.2) is 10.5 Å². The van der Waals surface area contributed by atoms with E-state index in [2.05, 4.69) is 9.98 Å². The van der Waals surface area contributed by atoms with Crippen molar-refractivity contribution in [2.75, 3.05) is 6.54 Å². The molecule has 0 saturated heterocycles. The first kappa shape index (κ1) is 23.8. The number of hydrogen-bond acceptors (Lipinski definition) is 6. The normalized spacial score (nSPS) is 12.1. The van der Waals surface area contributed by atoms with Gasteiger partial charge in [-0.2, -0.15) is 13.2 Å². The Bertz CT molecular complexity index is 1280. The summed E-state index contributed by atoms with van der Waals surface area (Å²) in [4.78, 5) is 33.9. The number of aromatic nitrogens is 2. The molecule has 1 heterocycles. The average Bonchev–Trinajstić information content (AvgIpc) is 2.79. The molecule has 0 aliphatic heterocycles. The van der Waals surface area contributed by atoms with E-state index in [0.717, 1.165) is 18.3 Å². The first-order chi connectivity index (χ1) is 15.7. The Morgan fingerprint density at radius 2 is 1.94 bits per heavy atom. The summed E-state index contributed by atoms with van der Waals surface area (Å²) in [5.41, 5.74) is 1.25. The first-order valence-electron chi connectivity index (χ1n) is 9.87. The van der Waals surface area contributed by atoms with Crippen molar-refractivity contribution in [1.29, 1.82) is 5.41 Å². The van der Waals surface area contributed by atoms with Crippen molar-refractivity contribution >= 4 is 28.7 Å². The molecule has 0 radical (unpaired) electrons. The second-order valence-electron chi connectivity index (χ2n) is 7.02. The summed E-state index contributed by atoms with van der Waals surface area (Å²) in [5, 5.41) is 16.5. The van der Waals surface area contributed by atoms with Crippen LogP contribution in [0.3, 0.4) is 0 Å². The van der Waals surface area contributed by atoms with E-state index in [1.54, 1.807) is 6.92 Å². The number of nitrogens with one attached hydrogen (secondary N) is 2. The van der Waals surface area contributed by atoms with E-state index in [1.807, 2.05) is 0 Å². The summed E-state index contributed by atoms with van der Waals surface area (Å²) in [7, 11) is 0. The van der Waals surface area contributed by atoms with Gasteiger partial charge in [-0.05, 0) is 42.8 Å². The lowest BCUT2D eigenvalue weighted by Gasteiger charge is -2.15. The third kappa shape index (κ3) is 5.14. The Kier molecular flexibility index (Phi) is 7.02. The van der Waals surface area contributed by atoms with E-state index >= 15 is 0 Å². The summed E-state index contributed by atoms with van der Waals surface area (Å²) < 4.78 is 40.0. The zero-order chi connectivity index (χ0) is 24.2. The van der Waals surface area contributed by atoms with Crippen molar-refractivity contribution < 1.29 is 23.2 Å². The van der Waals surface area contributed by atoms with Gasteiger partial charge in [0.05, 0.1) is 28.7 Å². The average molecular weight is 459 g/mol. The van der Waals surface area contributed by atoms with Crippen LogP contribution >= 0.6 is 0 Å².